The SMILES string of the molecule is C[C@@H](C/C=C\C(OC(=O)c1ccccc1)[C@@H](C)CCCO[Si](C)(C)C(C)(C)C)O[Si](c1ccccc1)(c1ccccc1)C(C)(C)C.C[C@H](C/C=C\C(O)[C@@H](C)CCCO[Si](C)(C)C(C)(C)C)O[Si](c1ccccc1)(c1ccccc1)C(C)(C)C. The van der Waals surface area contributed by atoms with Gasteiger partial charge in [0.05, 0.1) is 11.7 Å². The Balaban J connectivity index is 0.000000367. The van der Waals surface area contributed by atoms with Gasteiger partial charge in [0, 0.05) is 25.4 Å². The van der Waals surface area contributed by atoms with Crippen LogP contribution in [0.5, 0.6) is 0 Å². The summed E-state index contributed by atoms with van der Waals surface area (Å²) in [6.45, 7) is 46.8. The van der Waals surface area contributed by atoms with Gasteiger partial charge in [-0.2, -0.15) is 0 Å². The smallest absolute Gasteiger partial charge is 0.338 e. The number of esters is 1. The van der Waals surface area contributed by atoms with Crippen LogP contribution in [-0.2, 0) is 22.4 Å². The maximum Gasteiger partial charge on any atom is 0.338 e. The lowest BCUT2D eigenvalue weighted by atomic mass is 9.98. The number of rotatable bonds is 28. The summed E-state index contributed by atoms with van der Waals surface area (Å²) in [5.41, 5.74) is 0.567. The van der Waals surface area contributed by atoms with Crippen molar-refractivity contribution in [3.05, 3.63) is 182 Å². The highest BCUT2D eigenvalue weighted by Gasteiger charge is 2.52. The molecule has 0 fully saturated rings. The largest absolute Gasteiger partial charge is 0.454 e. The Morgan fingerprint density at radius 1 is 0.452 bits per heavy atom. The van der Waals surface area contributed by atoms with E-state index >= 15 is 0 Å². The number of carbonyl (C=O) groups is 1. The fourth-order valence-electron chi connectivity index (χ4n) is 10.4. The molecule has 5 rings (SSSR count). The molecule has 7 nitrogen and oxygen atoms in total. The van der Waals surface area contributed by atoms with Crippen LogP contribution in [0.1, 0.15) is 160 Å². The van der Waals surface area contributed by atoms with Crippen molar-refractivity contribution in [1.29, 1.82) is 0 Å². The van der Waals surface area contributed by atoms with Gasteiger partial charge in [-0.15, -0.1) is 0 Å². The van der Waals surface area contributed by atoms with Crippen molar-refractivity contribution >= 4 is 60.0 Å². The van der Waals surface area contributed by atoms with Crippen LogP contribution < -0.4 is 20.7 Å². The van der Waals surface area contributed by atoms with E-state index in [1.165, 1.54) is 20.7 Å². The standard InChI is InChI=1S/C40H58O4Si2.C33H54O3Si2/c1-32(22-21-31-42-45(9,10)39(3,4)5)37(43-38(41)34-24-14-11-15-25-34)30-20-23-33(2)44-46(40(6,7)8,35-26-16-12-17-27-35)36-28-18-13-19-29-36;1-27(19-18-26-35-37(9,10)32(3,4)5)31(34)25-17-20-28(2)36-38(33(6,7)8,29-21-13-11-14-22-29)30-23-15-12-16-24-30/h11-20,24-30,32-33,37H,21-23,31H2,1-10H3;11-17,21-25,27-28,31,34H,18-20,26H2,1-10H3/b30-20-;25-17-/t32-,33-,37?;27-,28+,31?/m00/s1. The van der Waals surface area contributed by atoms with E-state index in [0.29, 0.717) is 12.0 Å². The van der Waals surface area contributed by atoms with E-state index in [9.17, 15) is 9.90 Å². The summed E-state index contributed by atoms with van der Waals surface area (Å²) < 4.78 is 33.3. The molecule has 6 atom stereocenters. The first-order valence-electron chi connectivity index (χ1n) is 31.3. The zero-order valence-electron chi connectivity index (χ0n) is 55.8. The minimum atomic E-state index is -2.66. The van der Waals surface area contributed by atoms with E-state index in [4.69, 9.17) is 22.4 Å². The Labute approximate surface area is 516 Å². The van der Waals surface area contributed by atoms with Crippen molar-refractivity contribution in [3.63, 3.8) is 0 Å². The van der Waals surface area contributed by atoms with E-state index in [-0.39, 0.29) is 56.3 Å². The van der Waals surface area contributed by atoms with Gasteiger partial charge in [0.15, 0.2) is 16.6 Å². The molecule has 0 aliphatic heterocycles. The van der Waals surface area contributed by atoms with Crippen LogP contribution in [0.2, 0.25) is 46.3 Å². The molecule has 0 spiro atoms. The first-order valence-corrected chi connectivity index (χ1v) is 41.0. The van der Waals surface area contributed by atoms with Crippen LogP contribution in [-0.4, -0.2) is 82.0 Å². The Morgan fingerprint density at radius 3 is 1.08 bits per heavy atom. The summed E-state index contributed by atoms with van der Waals surface area (Å²) >= 11 is 0. The summed E-state index contributed by atoms with van der Waals surface area (Å²) in [6, 6.07) is 52.3. The lowest BCUT2D eigenvalue weighted by Gasteiger charge is -2.44. The monoisotopic (exact) mass is 1210 g/mol. The van der Waals surface area contributed by atoms with Gasteiger partial charge in [-0.05, 0) is 150 Å². The number of aliphatic hydroxyl groups excluding tert-OH is 1. The number of benzene rings is 5. The van der Waals surface area contributed by atoms with Crippen LogP contribution in [0.4, 0.5) is 0 Å². The van der Waals surface area contributed by atoms with Gasteiger partial charge in [-0.3, -0.25) is 0 Å². The molecule has 0 heterocycles. The molecular weight excluding hydrogens is 1100 g/mol. The molecule has 0 bridgehead atoms. The summed E-state index contributed by atoms with van der Waals surface area (Å²) in [5, 5.41) is 16.2. The molecule has 0 aromatic heterocycles. The van der Waals surface area contributed by atoms with Crippen LogP contribution in [0.25, 0.3) is 0 Å². The number of hydrogen-bond donors (Lipinski definition) is 1. The Morgan fingerprint density at radius 2 is 0.762 bits per heavy atom. The maximum atomic E-state index is 13.1. The van der Waals surface area contributed by atoms with Gasteiger partial charge in [0.1, 0.15) is 6.10 Å². The van der Waals surface area contributed by atoms with Crippen molar-refractivity contribution in [2.75, 3.05) is 13.2 Å². The van der Waals surface area contributed by atoms with Crippen molar-refractivity contribution in [3.8, 4) is 0 Å². The van der Waals surface area contributed by atoms with E-state index < -0.39 is 39.4 Å². The predicted octanol–water partition coefficient (Wildman–Crippen LogP) is 17.3. The van der Waals surface area contributed by atoms with Crippen molar-refractivity contribution in [2.45, 2.75) is 220 Å². The van der Waals surface area contributed by atoms with Crippen molar-refractivity contribution < 1.29 is 32.3 Å². The molecule has 0 amide bonds. The first kappa shape index (κ1) is 72.2. The highest BCUT2D eigenvalue weighted by atomic mass is 28.4. The van der Waals surface area contributed by atoms with E-state index in [2.05, 4.69) is 277 Å². The molecular formula is C73H112O7Si4. The highest BCUT2D eigenvalue weighted by Crippen LogP contribution is 2.41. The van der Waals surface area contributed by atoms with Crippen LogP contribution in [0.15, 0.2) is 176 Å². The highest BCUT2D eigenvalue weighted by molar-refractivity contribution is 7.00. The molecule has 1 N–H and O–H groups in total. The zero-order valence-corrected chi connectivity index (χ0v) is 59.8. The van der Waals surface area contributed by atoms with Gasteiger partial charge < -0.3 is 27.5 Å². The van der Waals surface area contributed by atoms with Gasteiger partial charge in [0.2, 0.25) is 0 Å². The third kappa shape index (κ3) is 20.4. The molecule has 0 radical (unpaired) electrons. The Kier molecular flexibility index (Phi) is 27.6. The Bertz CT molecular complexity index is 2630. The summed E-state index contributed by atoms with van der Waals surface area (Å²) in [4.78, 5) is 13.1. The minimum absolute atomic E-state index is 0.0260. The lowest BCUT2D eigenvalue weighted by molar-refractivity contribution is 0.0276. The molecule has 84 heavy (non-hydrogen) atoms. The third-order valence-corrected chi connectivity index (χ3v) is 37.1. The van der Waals surface area contributed by atoms with E-state index in [1.807, 2.05) is 24.3 Å². The summed E-state index contributed by atoms with van der Waals surface area (Å²) in [6.07, 6.45) is 12.7. The fourth-order valence-corrected chi connectivity index (χ4v) is 22.0. The molecule has 462 valence electrons. The zero-order chi connectivity index (χ0) is 62.6. The number of ether oxygens (including phenoxy) is 1. The first-order chi connectivity index (χ1) is 39.2. The third-order valence-electron chi connectivity index (χ3n) is 17.7. The van der Waals surface area contributed by atoms with Crippen LogP contribution in [0.3, 0.4) is 0 Å². The topological polar surface area (TPSA) is 83.5 Å². The number of aliphatic hydroxyl groups is 1. The number of carbonyl (C=O) groups excluding carboxylic acids is 1. The second-order valence-corrected chi connectivity index (χ2v) is 46.8. The molecule has 5 aromatic carbocycles. The molecule has 5 aromatic rings. The second kappa shape index (κ2) is 32.1. The molecule has 11 heteroatoms. The van der Waals surface area contributed by atoms with Gasteiger partial charge in [-0.25, -0.2) is 4.79 Å². The molecule has 0 saturated heterocycles. The normalized spacial score (nSPS) is 15.4. The summed E-state index contributed by atoms with van der Waals surface area (Å²) in [7, 11) is -8.74. The quantitative estimate of drug-likeness (QED) is 0.0231. The average Bonchev–Trinajstić information content (AvgIpc) is 1.23. The van der Waals surface area contributed by atoms with E-state index in [1.54, 1.807) is 12.1 Å². The molecule has 2 unspecified atom stereocenters. The molecule has 0 aliphatic carbocycles. The van der Waals surface area contributed by atoms with Crippen molar-refractivity contribution in [2.24, 2.45) is 11.8 Å². The number of hydrogen-bond acceptors (Lipinski definition) is 7. The summed E-state index contributed by atoms with van der Waals surface area (Å²) in [5.74, 6) is 0.0400. The molecule has 0 saturated carbocycles. The second-order valence-electron chi connectivity index (χ2n) is 28.7. The lowest BCUT2D eigenvalue weighted by Crippen LogP contribution is -2.67. The van der Waals surface area contributed by atoms with Crippen LogP contribution >= 0.6 is 0 Å². The predicted molar refractivity (Wildman–Crippen MR) is 369 cm³/mol. The van der Waals surface area contributed by atoms with Gasteiger partial charge >= 0.3 is 5.97 Å². The van der Waals surface area contributed by atoms with E-state index in [0.717, 1.165) is 45.3 Å². The maximum absolute atomic E-state index is 13.1. The fraction of sp³-hybridized carbons (Fsp3) is 0.521. The van der Waals surface area contributed by atoms with Gasteiger partial charge in [-0.1, -0.05) is 255 Å². The van der Waals surface area contributed by atoms with Crippen LogP contribution in [0, 0.1) is 11.8 Å². The average molecular weight is 1210 g/mol. The Hall–Kier alpha value is -4.28. The van der Waals surface area contributed by atoms with Gasteiger partial charge in [0.25, 0.3) is 16.6 Å². The van der Waals surface area contributed by atoms with Crippen molar-refractivity contribution in [1.82, 2.24) is 0 Å². The molecule has 0 aliphatic rings. The minimum Gasteiger partial charge on any atom is -0.454 e.